The number of halogens is 1. The Balaban J connectivity index is 1.33. The lowest BCUT2D eigenvalue weighted by atomic mass is 10.1. The summed E-state index contributed by atoms with van der Waals surface area (Å²) in [5.41, 5.74) is 12.5. The predicted octanol–water partition coefficient (Wildman–Crippen LogP) is 5.14. The van der Waals surface area contributed by atoms with Crippen molar-refractivity contribution < 1.29 is 14.3 Å². The van der Waals surface area contributed by atoms with Crippen LogP contribution in [0, 0.1) is 6.92 Å². The molecule has 10 heteroatoms. The van der Waals surface area contributed by atoms with Crippen molar-refractivity contribution in [3.8, 4) is 17.0 Å². The zero-order valence-corrected chi connectivity index (χ0v) is 20.8. The van der Waals surface area contributed by atoms with Gasteiger partial charge >= 0.3 is 0 Å². The number of hydrazone groups is 1. The smallest absolute Gasteiger partial charge is 0.271 e. The second-order valence-corrected chi connectivity index (χ2v) is 9.02. The predicted molar refractivity (Wildman–Crippen MR) is 143 cm³/mol. The minimum atomic E-state index is -0.598. The quantitative estimate of drug-likeness (QED) is 0.209. The number of benzene rings is 3. The van der Waals surface area contributed by atoms with Crippen LogP contribution in [0.2, 0.25) is 5.02 Å². The number of nitrogens with zero attached hydrogens (tertiary/aromatic N) is 2. The number of anilines is 2. The zero-order valence-electron chi connectivity index (χ0n) is 19.2. The number of aryl methyl sites for hydroxylation is 1. The Hall–Kier alpha value is -4.21. The average molecular weight is 520 g/mol. The van der Waals surface area contributed by atoms with Crippen LogP contribution < -0.4 is 21.2 Å². The number of amides is 2. The first-order valence-corrected chi connectivity index (χ1v) is 12.1. The van der Waals surface area contributed by atoms with Gasteiger partial charge in [-0.25, -0.2) is 10.4 Å². The van der Waals surface area contributed by atoms with E-state index >= 15 is 0 Å². The molecular weight excluding hydrogens is 498 g/mol. The Kier molecular flexibility index (Phi) is 7.94. The van der Waals surface area contributed by atoms with Crippen molar-refractivity contribution in [2.45, 2.75) is 6.92 Å². The summed E-state index contributed by atoms with van der Waals surface area (Å²) >= 11 is 7.64. The van der Waals surface area contributed by atoms with E-state index in [2.05, 4.69) is 20.8 Å². The van der Waals surface area contributed by atoms with Gasteiger partial charge in [0.2, 0.25) is 0 Å². The molecule has 4 N–H and O–H groups in total. The van der Waals surface area contributed by atoms with Gasteiger partial charge in [0.15, 0.2) is 11.7 Å². The molecular formula is C26H22ClN5O3S. The van der Waals surface area contributed by atoms with E-state index in [-0.39, 0.29) is 12.5 Å². The first-order valence-electron chi connectivity index (χ1n) is 10.8. The number of ether oxygens (including phenoxy) is 1. The number of nitrogens with two attached hydrogens (primary N) is 1. The van der Waals surface area contributed by atoms with Crippen molar-refractivity contribution in [1.82, 2.24) is 10.4 Å². The summed E-state index contributed by atoms with van der Waals surface area (Å²) in [6, 6.07) is 20.1. The van der Waals surface area contributed by atoms with Crippen molar-refractivity contribution in [1.29, 1.82) is 0 Å². The monoisotopic (exact) mass is 519 g/mol. The van der Waals surface area contributed by atoms with Gasteiger partial charge in [-0.3, -0.25) is 9.59 Å². The van der Waals surface area contributed by atoms with Crippen molar-refractivity contribution in [3.63, 3.8) is 0 Å². The maximum Gasteiger partial charge on any atom is 0.271 e. The number of hydrogen-bond acceptors (Lipinski definition) is 7. The highest BCUT2D eigenvalue weighted by Crippen LogP contribution is 2.28. The molecule has 0 bridgehead atoms. The summed E-state index contributed by atoms with van der Waals surface area (Å²) in [5.74, 6) is -0.626. The van der Waals surface area contributed by atoms with E-state index in [9.17, 15) is 9.59 Å². The number of hydrogen-bond donors (Lipinski definition) is 3. The molecule has 0 unspecified atom stereocenters. The highest BCUT2D eigenvalue weighted by molar-refractivity contribution is 7.14. The molecule has 0 spiro atoms. The number of rotatable bonds is 9. The first kappa shape index (κ1) is 24.9. The average Bonchev–Trinajstić information content (AvgIpc) is 3.33. The van der Waals surface area contributed by atoms with Crippen LogP contribution in [-0.2, 0) is 4.79 Å². The number of nitrogens with one attached hydrogen (secondary N) is 2. The Morgan fingerprint density at radius 3 is 2.56 bits per heavy atom. The number of primary amides is 1. The van der Waals surface area contributed by atoms with Gasteiger partial charge in [0, 0.05) is 22.2 Å². The lowest BCUT2D eigenvalue weighted by Crippen LogP contribution is -2.20. The molecule has 0 aliphatic carbocycles. The molecule has 2 amide bonds. The number of carbonyl (C=O) groups excluding carboxylic acids is 2. The van der Waals surface area contributed by atoms with Crippen LogP contribution in [0.15, 0.2) is 77.2 Å². The van der Waals surface area contributed by atoms with Gasteiger partial charge < -0.3 is 15.8 Å². The Bertz CT molecular complexity index is 1400. The van der Waals surface area contributed by atoms with Gasteiger partial charge in [0.25, 0.3) is 11.8 Å². The highest BCUT2D eigenvalue weighted by Gasteiger charge is 2.09. The fourth-order valence-electron chi connectivity index (χ4n) is 3.11. The first-order chi connectivity index (χ1) is 17.4. The van der Waals surface area contributed by atoms with Crippen LogP contribution >= 0.6 is 22.9 Å². The number of thiazole rings is 1. The molecule has 0 radical (unpaired) electrons. The third kappa shape index (κ3) is 6.68. The van der Waals surface area contributed by atoms with Gasteiger partial charge in [-0.15, -0.1) is 11.3 Å². The summed E-state index contributed by atoms with van der Waals surface area (Å²) in [7, 11) is 0. The molecule has 8 nitrogen and oxygen atoms in total. The molecule has 1 heterocycles. The molecule has 4 aromatic rings. The van der Waals surface area contributed by atoms with E-state index in [0.29, 0.717) is 21.9 Å². The molecule has 0 atom stereocenters. The zero-order chi connectivity index (χ0) is 25.5. The van der Waals surface area contributed by atoms with Gasteiger partial charge in [-0.2, -0.15) is 5.10 Å². The van der Waals surface area contributed by atoms with Crippen LogP contribution in [0.4, 0.5) is 10.8 Å². The molecule has 36 heavy (non-hydrogen) atoms. The minimum Gasteiger partial charge on any atom is -0.482 e. The van der Waals surface area contributed by atoms with Crippen LogP contribution in [0.1, 0.15) is 21.5 Å². The minimum absolute atomic E-state index is 0.268. The molecule has 3 aromatic carbocycles. The van der Waals surface area contributed by atoms with Gasteiger partial charge in [-0.05, 0) is 55.0 Å². The van der Waals surface area contributed by atoms with E-state index in [1.165, 1.54) is 23.1 Å². The molecule has 0 saturated heterocycles. The van der Waals surface area contributed by atoms with Crippen LogP contribution in [0.3, 0.4) is 0 Å². The Morgan fingerprint density at radius 2 is 1.86 bits per heavy atom. The maximum absolute atomic E-state index is 12.4. The Labute approximate surface area is 216 Å². The molecule has 182 valence electrons. The normalized spacial score (nSPS) is 10.8. The largest absolute Gasteiger partial charge is 0.482 e. The third-order valence-corrected chi connectivity index (χ3v) is 6.01. The summed E-state index contributed by atoms with van der Waals surface area (Å²) < 4.78 is 5.20. The van der Waals surface area contributed by atoms with Gasteiger partial charge in [-0.1, -0.05) is 41.4 Å². The van der Waals surface area contributed by atoms with Crippen LogP contribution in [0.5, 0.6) is 5.75 Å². The van der Waals surface area contributed by atoms with E-state index in [1.807, 2.05) is 48.7 Å². The van der Waals surface area contributed by atoms with E-state index in [0.717, 1.165) is 22.1 Å². The third-order valence-electron chi connectivity index (χ3n) is 4.96. The lowest BCUT2D eigenvalue weighted by Gasteiger charge is -2.06. The molecule has 4 rings (SSSR count). The van der Waals surface area contributed by atoms with E-state index in [1.54, 1.807) is 30.3 Å². The summed E-state index contributed by atoms with van der Waals surface area (Å²) in [4.78, 5) is 27.9. The standard InChI is InChI=1S/C26H22ClN5O3S/c1-16-2-9-20(10-3-16)30-26-31-22(15-36-26)18-5-7-19(8-6-18)25(34)32-29-13-17-4-11-23(21(27)12-17)35-14-24(28)33/h2-13,15H,14H2,1H3,(H2,28,33)(H,30,31)(H,32,34)/b29-13+. The maximum atomic E-state index is 12.4. The summed E-state index contributed by atoms with van der Waals surface area (Å²) in [5, 5.41) is 10.3. The topological polar surface area (TPSA) is 119 Å². The van der Waals surface area contributed by atoms with Crippen molar-refractivity contribution >= 4 is 51.8 Å². The molecule has 0 aliphatic heterocycles. The van der Waals surface area contributed by atoms with Crippen molar-refractivity contribution in [2.75, 3.05) is 11.9 Å². The Morgan fingerprint density at radius 1 is 1.11 bits per heavy atom. The fraction of sp³-hybridized carbons (Fsp3) is 0.0769. The fourth-order valence-corrected chi connectivity index (χ4v) is 4.09. The second-order valence-electron chi connectivity index (χ2n) is 7.75. The number of carbonyl (C=O) groups is 2. The summed E-state index contributed by atoms with van der Waals surface area (Å²) in [6.07, 6.45) is 1.45. The molecule has 1 aromatic heterocycles. The summed E-state index contributed by atoms with van der Waals surface area (Å²) in [6.45, 7) is 1.78. The molecule has 0 fully saturated rings. The number of aromatic nitrogens is 1. The highest BCUT2D eigenvalue weighted by atomic mass is 35.5. The lowest BCUT2D eigenvalue weighted by molar-refractivity contribution is -0.119. The van der Waals surface area contributed by atoms with E-state index < -0.39 is 5.91 Å². The van der Waals surface area contributed by atoms with Crippen molar-refractivity contribution in [3.05, 3.63) is 93.8 Å². The van der Waals surface area contributed by atoms with Crippen molar-refractivity contribution in [2.24, 2.45) is 10.8 Å². The SMILES string of the molecule is Cc1ccc(Nc2nc(-c3ccc(C(=O)N/N=C/c4ccc(OCC(N)=O)c(Cl)c4)cc3)cs2)cc1. The van der Waals surface area contributed by atoms with Gasteiger partial charge in [0.1, 0.15) is 5.75 Å². The van der Waals surface area contributed by atoms with Gasteiger partial charge in [0.05, 0.1) is 16.9 Å². The van der Waals surface area contributed by atoms with Crippen LogP contribution in [0.25, 0.3) is 11.3 Å². The second kappa shape index (κ2) is 11.5. The van der Waals surface area contributed by atoms with Crippen LogP contribution in [-0.4, -0.2) is 29.6 Å². The molecule has 0 aliphatic rings. The molecule has 0 saturated carbocycles. The van der Waals surface area contributed by atoms with E-state index in [4.69, 9.17) is 22.1 Å².